The number of alkyl halides is 3. The van der Waals surface area contributed by atoms with Crippen LogP contribution in [0.1, 0.15) is 33.4 Å². The lowest BCUT2D eigenvalue weighted by atomic mass is 10.0. The Kier molecular flexibility index (Phi) is 8.71. The van der Waals surface area contributed by atoms with Crippen LogP contribution in [-0.4, -0.2) is 11.4 Å². The van der Waals surface area contributed by atoms with Crippen LogP contribution in [0.3, 0.4) is 0 Å². The van der Waals surface area contributed by atoms with Gasteiger partial charge < -0.3 is 19.3 Å². The Bertz CT molecular complexity index is 1320. The van der Waals surface area contributed by atoms with Crippen molar-refractivity contribution in [3.8, 4) is 17.2 Å². The Morgan fingerprint density at radius 2 is 1.24 bits per heavy atom. The predicted molar refractivity (Wildman–Crippen MR) is 139 cm³/mol. The van der Waals surface area contributed by atoms with Crippen LogP contribution in [0.2, 0.25) is 0 Å². The number of aryl methyl sites for hydroxylation is 2. The van der Waals surface area contributed by atoms with Crippen molar-refractivity contribution in [1.82, 2.24) is 0 Å². The lowest BCUT2D eigenvalue weighted by molar-refractivity contribution is -0.160. The maximum atomic E-state index is 13.6. The second-order valence-corrected chi connectivity index (χ2v) is 9.14. The number of benzene rings is 4. The third kappa shape index (κ3) is 7.84. The number of ether oxygens (including phenoxy) is 3. The molecule has 0 fully saturated rings. The number of rotatable bonds is 10. The van der Waals surface area contributed by atoms with Crippen molar-refractivity contribution in [3.63, 3.8) is 0 Å². The highest BCUT2D eigenvalue weighted by atomic mass is 19.4. The molecular formula is C31H29F3O4. The van der Waals surface area contributed by atoms with E-state index < -0.39 is 18.0 Å². The topological polar surface area (TPSA) is 47.9 Å². The maximum Gasteiger partial charge on any atom is 0.416 e. The SMILES string of the molecule is Cc1ccc(COC(Cc2ccc(Oc3ccc(O)cc3)cc2)OCc2ccc(C)cc2C(F)(F)F)cc1. The molecule has 4 rings (SSSR count). The fraction of sp³-hybridized carbons (Fsp3) is 0.226. The first-order chi connectivity index (χ1) is 18.2. The molecule has 1 unspecified atom stereocenters. The first-order valence-electron chi connectivity index (χ1n) is 12.2. The van der Waals surface area contributed by atoms with Crippen LogP contribution in [-0.2, 0) is 35.3 Å². The second kappa shape index (κ2) is 12.2. The van der Waals surface area contributed by atoms with Gasteiger partial charge in [-0.2, -0.15) is 13.2 Å². The number of hydrogen-bond acceptors (Lipinski definition) is 4. The summed E-state index contributed by atoms with van der Waals surface area (Å²) in [5, 5.41) is 9.42. The molecule has 0 radical (unpaired) electrons. The number of halogens is 3. The third-order valence-corrected chi connectivity index (χ3v) is 5.95. The highest BCUT2D eigenvalue weighted by Crippen LogP contribution is 2.33. The van der Waals surface area contributed by atoms with Gasteiger partial charge in [0.25, 0.3) is 0 Å². The van der Waals surface area contributed by atoms with Gasteiger partial charge in [0.2, 0.25) is 0 Å². The normalized spacial score (nSPS) is 12.3. The molecule has 198 valence electrons. The molecule has 0 aliphatic heterocycles. The van der Waals surface area contributed by atoms with Gasteiger partial charge in [-0.15, -0.1) is 0 Å². The summed E-state index contributed by atoms with van der Waals surface area (Å²) >= 11 is 0. The molecule has 1 atom stereocenters. The van der Waals surface area contributed by atoms with E-state index in [1.54, 1.807) is 37.3 Å². The molecule has 0 aliphatic carbocycles. The van der Waals surface area contributed by atoms with Crippen LogP contribution in [0.5, 0.6) is 17.2 Å². The number of aromatic hydroxyl groups is 1. The van der Waals surface area contributed by atoms with Gasteiger partial charge in [0.05, 0.1) is 18.8 Å². The van der Waals surface area contributed by atoms with Gasteiger partial charge >= 0.3 is 6.18 Å². The van der Waals surface area contributed by atoms with Gasteiger partial charge in [-0.3, -0.25) is 0 Å². The smallest absolute Gasteiger partial charge is 0.416 e. The number of hydrogen-bond donors (Lipinski definition) is 1. The summed E-state index contributed by atoms with van der Waals surface area (Å²) in [4.78, 5) is 0. The van der Waals surface area contributed by atoms with Gasteiger partial charge in [-0.1, -0.05) is 59.7 Å². The molecule has 38 heavy (non-hydrogen) atoms. The lowest BCUT2D eigenvalue weighted by Crippen LogP contribution is -2.21. The fourth-order valence-electron chi connectivity index (χ4n) is 3.84. The van der Waals surface area contributed by atoms with E-state index in [4.69, 9.17) is 14.2 Å². The van der Waals surface area contributed by atoms with Gasteiger partial charge in [0, 0.05) is 6.42 Å². The summed E-state index contributed by atoms with van der Waals surface area (Å²) in [6, 6.07) is 25.8. The summed E-state index contributed by atoms with van der Waals surface area (Å²) in [5.41, 5.74) is 2.82. The van der Waals surface area contributed by atoms with Gasteiger partial charge in [-0.05, 0) is 73.0 Å². The molecule has 0 aromatic heterocycles. The van der Waals surface area contributed by atoms with E-state index in [0.717, 1.165) is 22.8 Å². The molecule has 1 N–H and O–H groups in total. The van der Waals surface area contributed by atoms with Crippen molar-refractivity contribution >= 4 is 0 Å². The molecule has 0 heterocycles. The zero-order valence-electron chi connectivity index (χ0n) is 21.2. The largest absolute Gasteiger partial charge is 0.508 e. The zero-order chi connectivity index (χ0) is 27.1. The summed E-state index contributed by atoms with van der Waals surface area (Å²) in [7, 11) is 0. The maximum absolute atomic E-state index is 13.6. The molecule has 4 nitrogen and oxygen atoms in total. The molecule has 0 spiro atoms. The Balaban J connectivity index is 1.46. The van der Waals surface area contributed by atoms with E-state index in [1.807, 2.05) is 43.3 Å². The molecule has 0 aliphatic rings. The van der Waals surface area contributed by atoms with Crippen LogP contribution in [0.15, 0.2) is 91.0 Å². The Labute approximate surface area is 220 Å². The fourth-order valence-corrected chi connectivity index (χ4v) is 3.84. The first-order valence-corrected chi connectivity index (χ1v) is 12.2. The van der Waals surface area contributed by atoms with Crippen LogP contribution < -0.4 is 4.74 Å². The molecular weight excluding hydrogens is 493 g/mol. The summed E-state index contributed by atoms with van der Waals surface area (Å²) in [6.45, 7) is 3.64. The van der Waals surface area contributed by atoms with E-state index >= 15 is 0 Å². The van der Waals surface area contributed by atoms with Crippen molar-refractivity contribution in [2.45, 2.75) is 45.9 Å². The highest BCUT2D eigenvalue weighted by Gasteiger charge is 2.33. The van der Waals surface area contributed by atoms with Crippen LogP contribution in [0.4, 0.5) is 13.2 Å². The van der Waals surface area contributed by atoms with Crippen molar-refractivity contribution in [1.29, 1.82) is 0 Å². The average molecular weight is 523 g/mol. The van der Waals surface area contributed by atoms with E-state index in [-0.39, 0.29) is 24.5 Å². The van der Waals surface area contributed by atoms with E-state index in [1.165, 1.54) is 18.2 Å². The van der Waals surface area contributed by atoms with Gasteiger partial charge in [0.1, 0.15) is 17.2 Å². The molecule has 7 heteroatoms. The Hall–Kier alpha value is -3.81. The molecule has 0 saturated carbocycles. The van der Waals surface area contributed by atoms with Crippen molar-refractivity contribution in [3.05, 3.63) is 124 Å². The molecule has 0 saturated heterocycles. The highest BCUT2D eigenvalue weighted by molar-refractivity contribution is 5.36. The monoisotopic (exact) mass is 522 g/mol. The standard InChI is InChI=1S/C31H29F3O4/c1-21-3-6-24(7-4-21)19-36-30(37-20-25-10-5-22(2)17-29(25)31(32,33)34)18-23-8-13-27(14-9-23)38-28-15-11-26(35)12-16-28/h3-17,30,35H,18-20H2,1-2H3. The lowest BCUT2D eigenvalue weighted by Gasteiger charge is -2.21. The Morgan fingerprint density at radius 3 is 1.87 bits per heavy atom. The number of phenols is 1. The third-order valence-electron chi connectivity index (χ3n) is 5.95. The first kappa shape index (κ1) is 27.2. The average Bonchev–Trinajstić information content (AvgIpc) is 2.89. The second-order valence-electron chi connectivity index (χ2n) is 9.14. The van der Waals surface area contributed by atoms with Crippen LogP contribution in [0.25, 0.3) is 0 Å². The zero-order valence-corrected chi connectivity index (χ0v) is 21.2. The molecule has 0 bridgehead atoms. The van der Waals surface area contributed by atoms with Crippen molar-refractivity contribution in [2.75, 3.05) is 0 Å². The van der Waals surface area contributed by atoms with Crippen LogP contribution >= 0.6 is 0 Å². The number of phenolic OH excluding ortho intramolecular Hbond substituents is 1. The van der Waals surface area contributed by atoms with Crippen LogP contribution in [0, 0.1) is 13.8 Å². The van der Waals surface area contributed by atoms with Gasteiger partial charge in [0.15, 0.2) is 6.29 Å². The summed E-state index contributed by atoms with van der Waals surface area (Å²) in [5.74, 6) is 1.33. The molecule has 4 aromatic carbocycles. The van der Waals surface area contributed by atoms with Crippen molar-refractivity contribution < 1.29 is 32.5 Å². The summed E-state index contributed by atoms with van der Waals surface area (Å²) < 4.78 is 58.5. The van der Waals surface area contributed by atoms with E-state index in [2.05, 4.69) is 0 Å². The molecule has 0 amide bonds. The van der Waals surface area contributed by atoms with E-state index in [9.17, 15) is 18.3 Å². The van der Waals surface area contributed by atoms with Crippen molar-refractivity contribution in [2.24, 2.45) is 0 Å². The summed E-state index contributed by atoms with van der Waals surface area (Å²) in [6.07, 6.45) is -4.92. The Morgan fingerprint density at radius 1 is 0.684 bits per heavy atom. The minimum absolute atomic E-state index is 0.0599. The predicted octanol–water partition coefficient (Wildman–Crippen LogP) is 8.12. The molecule has 4 aromatic rings. The van der Waals surface area contributed by atoms with Gasteiger partial charge in [-0.25, -0.2) is 0 Å². The quantitative estimate of drug-likeness (QED) is 0.214. The van der Waals surface area contributed by atoms with E-state index in [0.29, 0.717) is 23.5 Å². The minimum Gasteiger partial charge on any atom is -0.508 e. The minimum atomic E-state index is -4.48.